The minimum atomic E-state index is -0.943. The van der Waals surface area contributed by atoms with E-state index in [0.717, 1.165) is 23.0 Å². The minimum Gasteiger partial charge on any atom is -0.497 e. The lowest BCUT2D eigenvalue weighted by atomic mass is 10.1. The number of carbonyl (C=O) groups excluding carboxylic acids is 1. The molecule has 1 N–H and O–H groups in total. The zero-order chi connectivity index (χ0) is 18.8. The van der Waals surface area contributed by atoms with Gasteiger partial charge in [0.15, 0.2) is 11.6 Å². The van der Waals surface area contributed by atoms with Crippen LogP contribution >= 0.6 is 0 Å². The number of rotatable bonds is 4. The van der Waals surface area contributed by atoms with E-state index in [1.807, 2.05) is 6.07 Å². The van der Waals surface area contributed by atoms with E-state index in [-0.39, 0.29) is 5.91 Å². The van der Waals surface area contributed by atoms with Crippen LogP contribution < -0.4 is 10.1 Å². The molecule has 1 atom stereocenters. The molecule has 0 spiro atoms. The van der Waals surface area contributed by atoms with E-state index in [4.69, 9.17) is 4.74 Å². The number of hydrogen-bond donors (Lipinski definition) is 1. The number of aromatic nitrogens is 1. The van der Waals surface area contributed by atoms with Crippen LogP contribution in [0.1, 0.15) is 34.6 Å². The molecule has 0 saturated carbocycles. The fourth-order valence-corrected chi connectivity index (χ4v) is 2.74. The fraction of sp³-hybridized carbons (Fsp3) is 0.200. The van der Waals surface area contributed by atoms with Crippen LogP contribution in [-0.2, 0) is 0 Å². The first-order valence-corrected chi connectivity index (χ1v) is 8.10. The number of aryl methyl sites for hydroxylation is 1. The summed E-state index contributed by atoms with van der Waals surface area (Å²) in [6.07, 6.45) is 0. The highest BCUT2D eigenvalue weighted by Gasteiger charge is 2.16. The molecule has 1 amide bonds. The van der Waals surface area contributed by atoms with E-state index in [1.165, 1.54) is 6.07 Å². The van der Waals surface area contributed by atoms with Gasteiger partial charge in [-0.2, -0.15) is 0 Å². The molecule has 0 saturated heterocycles. The average molecular weight is 356 g/mol. The predicted molar refractivity (Wildman–Crippen MR) is 95.3 cm³/mol. The zero-order valence-electron chi connectivity index (χ0n) is 14.6. The van der Waals surface area contributed by atoms with Crippen molar-refractivity contribution in [3.63, 3.8) is 0 Å². The summed E-state index contributed by atoms with van der Waals surface area (Å²) in [5, 5.41) is 3.60. The molecule has 0 fully saturated rings. The van der Waals surface area contributed by atoms with E-state index in [0.29, 0.717) is 22.6 Å². The number of ether oxygens (including phenoxy) is 1. The molecule has 1 aromatic heterocycles. The first-order valence-electron chi connectivity index (χ1n) is 8.10. The van der Waals surface area contributed by atoms with Gasteiger partial charge in [0.05, 0.1) is 29.9 Å². The van der Waals surface area contributed by atoms with Crippen molar-refractivity contribution in [2.24, 2.45) is 0 Å². The molecule has 6 heteroatoms. The third-order valence-corrected chi connectivity index (χ3v) is 4.25. The Morgan fingerprint density at radius 2 is 1.88 bits per heavy atom. The lowest BCUT2D eigenvalue weighted by Crippen LogP contribution is -2.27. The minimum absolute atomic E-state index is 0.329. The SMILES string of the molecule is COc1ccc2cc(C(=O)NC(C)c3ccc(F)c(F)c3)c(C)nc2c1. The third kappa shape index (κ3) is 3.49. The number of carbonyl (C=O) groups is 1. The Morgan fingerprint density at radius 1 is 1.12 bits per heavy atom. The number of hydrogen-bond acceptors (Lipinski definition) is 3. The van der Waals surface area contributed by atoms with Gasteiger partial charge in [0.1, 0.15) is 5.75 Å². The van der Waals surface area contributed by atoms with Crippen molar-refractivity contribution in [3.05, 3.63) is 70.9 Å². The van der Waals surface area contributed by atoms with Gasteiger partial charge >= 0.3 is 0 Å². The second-order valence-corrected chi connectivity index (χ2v) is 6.05. The Kier molecular flexibility index (Phi) is 4.84. The molecule has 0 aliphatic rings. The van der Waals surface area contributed by atoms with E-state index in [9.17, 15) is 13.6 Å². The van der Waals surface area contributed by atoms with Gasteiger partial charge in [0.25, 0.3) is 5.91 Å². The molecule has 1 heterocycles. The van der Waals surface area contributed by atoms with Gasteiger partial charge < -0.3 is 10.1 Å². The molecule has 0 radical (unpaired) electrons. The normalized spacial score (nSPS) is 12.0. The van der Waals surface area contributed by atoms with Crippen LogP contribution in [0.3, 0.4) is 0 Å². The molecule has 3 aromatic rings. The number of nitrogens with one attached hydrogen (secondary N) is 1. The molecule has 2 aromatic carbocycles. The Balaban J connectivity index is 1.86. The number of methoxy groups -OCH3 is 1. The Hall–Kier alpha value is -3.02. The van der Waals surface area contributed by atoms with Gasteiger partial charge in [-0.05, 0) is 49.7 Å². The number of benzene rings is 2. The summed E-state index contributed by atoms with van der Waals surface area (Å²) < 4.78 is 31.6. The van der Waals surface area contributed by atoms with Crippen molar-refractivity contribution in [1.29, 1.82) is 0 Å². The highest BCUT2D eigenvalue weighted by atomic mass is 19.2. The van der Waals surface area contributed by atoms with Gasteiger partial charge in [-0.25, -0.2) is 8.78 Å². The van der Waals surface area contributed by atoms with Crippen molar-refractivity contribution in [1.82, 2.24) is 10.3 Å². The second kappa shape index (κ2) is 7.07. The van der Waals surface area contributed by atoms with Gasteiger partial charge in [-0.3, -0.25) is 9.78 Å². The summed E-state index contributed by atoms with van der Waals surface area (Å²) in [7, 11) is 1.58. The van der Waals surface area contributed by atoms with Crippen molar-refractivity contribution < 1.29 is 18.3 Å². The summed E-state index contributed by atoms with van der Waals surface area (Å²) in [6.45, 7) is 3.45. The maximum Gasteiger partial charge on any atom is 0.253 e. The van der Waals surface area contributed by atoms with Crippen LogP contribution in [-0.4, -0.2) is 18.0 Å². The smallest absolute Gasteiger partial charge is 0.253 e. The van der Waals surface area contributed by atoms with E-state index in [1.54, 1.807) is 39.2 Å². The van der Waals surface area contributed by atoms with Gasteiger partial charge in [0.2, 0.25) is 0 Å². The van der Waals surface area contributed by atoms with Crippen LogP contribution in [0.25, 0.3) is 10.9 Å². The predicted octanol–water partition coefficient (Wildman–Crippen LogP) is 4.32. The maximum absolute atomic E-state index is 13.4. The molecular formula is C20H18F2N2O2. The molecule has 1 unspecified atom stereocenters. The highest BCUT2D eigenvalue weighted by Crippen LogP contribution is 2.22. The van der Waals surface area contributed by atoms with Crippen molar-refractivity contribution >= 4 is 16.8 Å². The van der Waals surface area contributed by atoms with E-state index < -0.39 is 17.7 Å². The van der Waals surface area contributed by atoms with Crippen LogP contribution in [0.2, 0.25) is 0 Å². The molecule has 0 aliphatic carbocycles. The third-order valence-electron chi connectivity index (χ3n) is 4.25. The zero-order valence-corrected chi connectivity index (χ0v) is 14.6. The Bertz CT molecular complexity index is 989. The lowest BCUT2D eigenvalue weighted by molar-refractivity contribution is 0.0939. The Morgan fingerprint density at radius 3 is 2.58 bits per heavy atom. The monoisotopic (exact) mass is 356 g/mol. The fourth-order valence-electron chi connectivity index (χ4n) is 2.74. The average Bonchev–Trinajstić information content (AvgIpc) is 2.62. The van der Waals surface area contributed by atoms with Crippen LogP contribution in [0, 0.1) is 18.6 Å². The van der Waals surface area contributed by atoms with Crippen molar-refractivity contribution in [2.75, 3.05) is 7.11 Å². The van der Waals surface area contributed by atoms with Crippen molar-refractivity contribution in [3.8, 4) is 5.75 Å². The Labute approximate surface area is 149 Å². The summed E-state index contributed by atoms with van der Waals surface area (Å²) in [5.74, 6) is -1.50. The van der Waals surface area contributed by atoms with E-state index >= 15 is 0 Å². The molecule has 0 bridgehead atoms. The van der Waals surface area contributed by atoms with E-state index in [2.05, 4.69) is 10.3 Å². The number of pyridine rings is 1. The molecule has 0 aliphatic heterocycles. The summed E-state index contributed by atoms with van der Waals surface area (Å²) in [6, 6.07) is 10.3. The molecule has 4 nitrogen and oxygen atoms in total. The number of fused-ring (bicyclic) bond motifs is 1. The van der Waals surface area contributed by atoms with Gasteiger partial charge in [0, 0.05) is 11.5 Å². The lowest BCUT2D eigenvalue weighted by Gasteiger charge is -2.16. The first kappa shape index (κ1) is 17.8. The second-order valence-electron chi connectivity index (χ2n) is 6.05. The van der Waals surface area contributed by atoms with Gasteiger partial charge in [-0.1, -0.05) is 6.07 Å². The van der Waals surface area contributed by atoms with Crippen molar-refractivity contribution in [2.45, 2.75) is 19.9 Å². The number of halogens is 2. The number of nitrogens with zero attached hydrogens (tertiary/aromatic N) is 1. The molecule has 134 valence electrons. The topological polar surface area (TPSA) is 51.2 Å². The largest absolute Gasteiger partial charge is 0.497 e. The molecular weight excluding hydrogens is 338 g/mol. The standard InChI is InChI=1S/C20H18F2N2O2/c1-11(13-5-7-17(21)18(22)9-13)24-20(25)16-8-14-4-6-15(26-3)10-19(14)23-12(16)2/h4-11H,1-3H3,(H,24,25). The summed E-state index contributed by atoms with van der Waals surface area (Å²) >= 11 is 0. The molecule has 3 rings (SSSR count). The maximum atomic E-state index is 13.4. The van der Waals surface area contributed by atoms with Gasteiger partial charge in [-0.15, -0.1) is 0 Å². The van der Waals surface area contributed by atoms with Crippen LogP contribution in [0.5, 0.6) is 5.75 Å². The summed E-state index contributed by atoms with van der Waals surface area (Å²) in [4.78, 5) is 17.1. The first-order chi connectivity index (χ1) is 12.4. The van der Waals surface area contributed by atoms with Crippen LogP contribution in [0.15, 0.2) is 42.5 Å². The van der Waals surface area contributed by atoms with Crippen LogP contribution in [0.4, 0.5) is 8.78 Å². The number of amides is 1. The summed E-state index contributed by atoms with van der Waals surface area (Å²) in [5.41, 5.74) is 2.21. The quantitative estimate of drug-likeness (QED) is 0.757. The highest BCUT2D eigenvalue weighted by molar-refractivity contribution is 5.99. The molecule has 26 heavy (non-hydrogen) atoms.